The maximum atomic E-state index is 5.70. The lowest BCUT2D eigenvalue weighted by atomic mass is 10.2. The summed E-state index contributed by atoms with van der Waals surface area (Å²) in [6.07, 6.45) is 0. The first-order valence-electron chi connectivity index (χ1n) is 4.50. The summed E-state index contributed by atoms with van der Waals surface area (Å²) in [6.45, 7) is 7.77. The maximum absolute atomic E-state index is 5.70. The van der Waals surface area contributed by atoms with Gasteiger partial charge < -0.3 is 4.74 Å². The lowest BCUT2D eigenvalue weighted by molar-refractivity contribution is 0.116. The van der Waals surface area contributed by atoms with Crippen molar-refractivity contribution in [2.24, 2.45) is 0 Å². The molecule has 0 aliphatic rings. The minimum Gasteiger partial charge on any atom is -0.458 e. The van der Waals surface area contributed by atoms with Crippen LogP contribution in [0.4, 0.5) is 0 Å². The first kappa shape index (κ1) is 11.2. The normalized spacial score (nSPS) is 11.5. The zero-order valence-electron chi connectivity index (χ0n) is 8.97. The van der Waals surface area contributed by atoms with E-state index in [0.717, 1.165) is 11.4 Å². The van der Waals surface area contributed by atoms with Crippen LogP contribution >= 0.6 is 11.6 Å². The minimum atomic E-state index is -0.280. The molecule has 0 unspecified atom stereocenters. The van der Waals surface area contributed by atoms with E-state index in [2.05, 4.69) is 9.97 Å². The second kappa shape index (κ2) is 4.13. The Morgan fingerprint density at radius 3 is 2.50 bits per heavy atom. The fourth-order valence-corrected chi connectivity index (χ4v) is 1.13. The molecule has 0 saturated carbocycles. The quantitative estimate of drug-likeness (QED) is 0.710. The van der Waals surface area contributed by atoms with E-state index in [0.29, 0.717) is 11.9 Å². The number of aromatic nitrogens is 2. The average Bonchev–Trinajstić information content (AvgIpc) is 1.99. The van der Waals surface area contributed by atoms with Gasteiger partial charge in [-0.25, -0.2) is 4.98 Å². The van der Waals surface area contributed by atoms with Crippen molar-refractivity contribution in [2.75, 3.05) is 0 Å². The molecule has 0 N–H and O–H groups in total. The van der Waals surface area contributed by atoms with Crippen molar-refractivity contribution in [1.29, 1.82) is 0 Å². The Kier molecular flexibility index (Phi) is 3.32. The number of alkyl halides is 1. The molecule has 1 aromatic heterocycles. The van der Waals surface area contributed by atoms with E-state index in [9.17, 15) is 0 Å². The van der Waals surface area contributed by atoms with Crippen LogP contribution in [0.15, 0.2) is 6.07 Å². The zero-order chi connectivity index (χ0) is 10.8. The van der Waals surface area contributed by atoms with Crippen molar-refractivity contribution in [3.05, 3.63) is 17.5 Å². The predicted molar refractivity (Wildman–Crippen MR) is 56.7 cm³/mol. The molecule has 0 fully saturated rings. The fourth-order valence-electron chi connectivity index (χ4n) is 0.992. The van der Waals surface area contributed by atoms with Crippen LogP contribution in [0.1, 0.15) is 32.2 Å². The first-order chi connectivity index (χ1) is 6.40. The van der Waals surface area contributed by atoms with Crippen LogP contribution in [0.25, 0.3) is 0 Å². The van der Waals surface area contributed by atoms with E-state index in [4.69, 9.17) is 16.3 Å². The summed E-state index contributed by atoms with van der Waals surface area (Å²) in [5, 5.41) is 0. The standard InChI is InChI=1S/C10H15ClN2O/c1-7-5-8(6-11)13-9(12-7)14-10(2,3)4/h5H,6H2,1-4H3. The van der Waals surface area contributed by atoms with Gasteiger partial charge in [-0.15, -0.1) is 11.6 Å². The molecule has 0 bridgehead atoms. The highest BCUT2D eigenvalue weighted by Gasteiger charge is 2.14. The lowest BCUT2D eigenvalue weighted by Crippen LogP contribution is -2.24. The molecule has 0 aliphatic carbocycles. The average molecular weight is 215 g/mol. The molecule has 78 valence electrons. The minimum absolute atomic E-state index is 0.280. The fraction of sp³-hybridized carbons (Fsp3) is 0.600. The molecule has 0 aromatic carbocycles. The Morgan fingerprint density at radius 2 is 2.00 bits per heavy atom. The predicted octanol–water partition coefficient (Wildman–Crippen LogP) is 2.70. The van der Waals surface area contributed by atoms with Crippen molar-refractivity contribution in [2.45, 2.75) is 39.2 Å². The number of aryl methyl sites for hydroxylation is 1. The van der Waals surface area contributed by atoms with Gasteiger partial charge in [0.25, 0.3) is 0 Å². The van der Waals surface area contributed by atoms with E-state index in [1.165, 1.54) is 0 Å². The second-order valence-corrected chi connectivity index (χ2v) is 4.40. The Labute approximate surface area is 89.5 Å². The second-order valence-electron chi connectivity index (χ2n) is 4.13. The van der Waals surface area contributed by atoms with Gasteiger partial charge in [0.15, 0.2) is 0 Å². The van der Waals surface area contributed by atoms with Crippen LogP contribution in [0.5, 0.6) is 6.01 Å². The molecule has 1 rings (SSSR count). The van der Waals surface area contributed by atoms with E-state index in [1.807, 2.05) is 33.8 Å². The van der Waals surface area contributed by atoms with Crippen LogP contribution in [0.3, 0.4) is 0 Å². The molecule has 4 heteroatoms. The highest BCUT2D eigenvalue weighted by atomic mass is 35.5. The van der Waals surface area contributed by atoms with E-state index in [-0.39, 0.29) is 5.60 Å². The molecule has 0 spiro atoms. The largest absolute Gasteiger partial charge is 0.458 e. The van der Waals surface area contributed by atoms with Crippen LogP contribution < -0.4 is 4.74 Å². The van der Waals surface area contributed by atoms with Crippen molar-refractivity contribution in [3.63, 3.8) is 0 Å². The van der Waals surface area contributed by atoms with Gasteiger partial charge in [0.2, 0.25) is 0 Å². The van der Waals surface area contributed by atoms with Gasteiger partial charge >= 0.3 is 6.01 Å². The van der Waals surface area contributed by atoms with Crippen LogP contribution in [0.2, 0.25) is 0 Å². The summed E-state index contributed by atoms with van der Waals surface area (Å²) in [6, 6.07) is 2.25. The molecule has 1 heterocycles. The van der Waals surface area contributed by atoms with E-state index in [1.54, 1.807) is 0 Å². The maximum Gasteiger partial charge on any atom is 0.317 e. The number of hydrogen-bond donors (Lipinski definition) is 0. The molecule has 3 nitrogen and oxygen atoms in total. The number of ether oxygens (including phenoxy) is 1. The zero-order valence-corrected chi connectivity index (χ0v) is 9.72. The third-order valence-corrected chi connectivity index (χ3v) is 1.69. The summed E-state index contributed by atoms with van der Waals surface area (Å²) in [5.41, 5.74) is 1.38. The SMILES string of the molecule is Cc1cc(CCl)nc(OC(C)(C)C)n1. The number of nitrogens with zero attached hydrogens (tertiary/aromatic N) is 2. The van der Waals surface area contributed by atoms with Gasteiger partial charge in [0, 0.05) is 5.69 Å². The highest BCUT2D eigenvalue weighted by Crippen LogP contribution is 2.14. The summed E-state index contributed by atoms with van der Waals surface area (Å²) >= 11 is 5.70. The Hall–Kier alpha value is -0.830. The topological polar surface area (TPSA) is 35.0 Å². The molecule has 0 saturated heterocycles. The van der Waals surface area contributed by atoms with Gasteiger partial charge in [-0.05, 0) is 33.8 Å². The van der Waals surface area contributed by atoms with Gasteiger partial charge in [-0.3, -0.25) is 0 Å². The summed E-state index contributed by atoms with van der Waals surface area (Å²) in [4.78, 5) is 8.35. The molecule has 0 atom stereocenters. The first-order valence-corrected chi connectivity index (χ1v) is 5.04. The summed E-state index contributed by atoms with van der Waals surface area (Å²) < 4.78 is 5.54. The summed E-state index contributed by atoms with van der Waals surface area (Å²) in [7, 11) is 0. The highest BCUT2D eigenvalue weighted by molar-refractivity contribution is 6.16. The third kappa shape index (κ3) is 3.50. The number of halogens is 1. The van der Waals surface area contributed by atoms with Crippen molar-refractivity contribution in [1.82, 2.24) is 9.97 Å². The van der Waals surface area contributed by atoms with Gasteiger partial charge in [0.05, 0.1) is 11.6 Å². The van der Waals surface area contributed by atoms with Crippen LogP contribution in [-0.4, -0.2) is 15.6 Å². The Balaban J connectivity index is 2.92. The lowest BCUT2D eigenvalue weighted by Gasteiger charge is -2.19. The third-order valence-electron chi connectivity index (χ3n) is 1.42. The van der Waals surface area contributed by atoms with Crippen molar-refractivity contribution < 1.29 is 4.74 Å². The van der Waals surface area contributed by atoms with E-state index >= 15 is 0 Å². The Morgan fingerprint density at radius 1 is 1.36 bits per heavy atom. The number of rotatable bonds is 2. The smallest absolute Gasteiger partial charge is 0.317 e. The monoisotopic (exact) mass is 214 g/mol. The van der Waals surface area contributed by atoms with Crippen LogP contribution in [0, 0.1) is 6.92 Å². The van der Waals surface area contributed by atoms with Gasteiger partial charge in [0.1, 0.15) is 5.60 Å². The molecule has 0 amide bonds. The molecule has 1 aromatic rings. The molecule has 0 aliphatic heterocycles. The van der Waals surface area contributed by atoms with Gasteiger partial charge in [-0.1, -0.05) is 0 Å². The molecule has 0 radical (unpaired) electrons. The molecular formula is C10H15ClN2O. The molecule has 14 heavy (non-hydrogen) atoms. The van der Waals surface area contributed by atoms with Crippen molar-refractivity contribution in [3.8, 4) is 6.01 Å². The number of hydrogen-bond acceptors (Lipinski definition) is 3. The molecular weight excluding hydrogens is 200 g/mol. The van der Waals surface area contributed by atoms with Gasteiger partial charge in [-0.2, -0.15) is 4.98 Å². The summed E-state index contributed by atoms with van der Waals surface area (Å²) in [5.74, 6) is 0.379. The Bertz CT molecular complexity index is 320. The van der Waals surface area contributed by atoms with Crippen LogP contribution in [-0.2, 0) is 5.88 Å². The van der Waals surface area contributed by atoms with Crippen molar-refractivity contribution >= 4 is 11.6 Å². The van der Waals surface area contributed by atoms with E-state index < -0.39 is 0 Å².